The fourth-order valence-electron chi connectivity index (χ4n) is 2.52. The summed E-state index contributed by atoms with van der Waals surface area (Å²) in [5.74, 6) is 0. The first-order valence-electron chi connectivity index (χ1n) is 11.5. The van der Waals surface area contributed by atoms with E-state index in [1.54, 1.807) is 14.1 Å². The summed E-state index contributed by atoms with van der Waals surface area (Å²) in [6, 6.07) is 13.1. The minimum atomic E-state index is 0. The normalized spacial score (nSPS) is 9.50. The standard InChI is InChI=1S/C16H20N2.2C4H10N.C2H6N.Ta/c1-11(2)17-14-9-5-7-13-8-6-10-15(16(13)14)18-12(3)4;2*1-3-5-4-2;1-3-2;/h5-12H,1-4H3;2*3-4H2,1-2H3;1-2H3;/q-2;3*-1;+5. The average molecular weight is 610 g/mol. The molecule has 0 amide bonds. The third-order valence-electron chi connectivity index (χ3n) is 3.55. The molecule has 0 fully saturated rings. The summed E-state index contributed by atoms with van der Waals surface area (Å²) < 4.78 is 0. The van der Waals surface area contributed by atoms with Crippen molar-refractivity contribution in [2.75, 3.05) is 40.3 Å². The van der Waals surface area contributed by atoms with Gasteiger partial charge in [-0.2, -0.15) is 40.3 Å². The second-order valence-electron chi connectivity index (χ2n) is 7.26. The molecule has 2 rings (SSSR count). The van der Waals surface area contributed by atoms with E-state index in [2.05, 4.69) is 80.0 Å². The van der Waals surface area contributed by atoms with Crippen LogP contribution in [-0.4, -0.2) is 52.4 Å². The maximum atomic E-state index is 4.70. The molecule has 180 valence electrons. The molecule has 6 heteroatoms. The van der Waals surface area contributed by atoms with Crippen LogP contribution in [0.4, 0.5) is 11.4 Å². The van der Waals surface area contributed by atoms with Crippen LogP contribution in [0.1, 0.15) is 55.4 Å². The SMILES string of the molecule is CC(C)[N-]c1cccc2cccc([N-]C(C)C)c12.CC[N-]CC.CC[N-]CC.C[N-]C.[Ta+5]. The Morgan fingerprint density at radius 3 is 1.16 bits per heavy atom. The Balaban J connectivity index is -0.000000499. The third-order valence-corrected chi connectivity index (χ3v) is 3.55. The molecular weight excluding hydrogens is 563 g/mol. The van der Waals surface area contributed by atoms with Crippen LogP contribution in [0.5, 0.6) is 0 Å². The summed E-state index contributed by atoms with van der Waals surface area (Å²) in [5, 5.41) is 23.2. The minimum absolute atomic E-state index is 0. The van der Waals surface area contributed by atoms with E-state index in [0.717, 1.165) is 37.6 Å². The first kappa shape index (κ1) is 35.5. The molecular formula is C26H46N5Ta. The summed E-state index contributed by atoms with van der Waals surface area (Å²) in [6.45, 7) is 20.4. The maximum absolute atomic E-state index is 4.70. The molecule has 5 nitrogen and oxygen atoms in total. The molecule has 32 heavy (non-hydrogen) atoms. The van der Waals surface area contributed by atoms with Gasteiger partial charge in [0.05, 0.1) is 0 Å². The molecule has 0 aliphatic heterocycles. The topological polar surface area (TPSA) is 70.5 Å². The van der Waals surface area contributed by atoms with E-state index < -0.39 is 0 Å². The molecule has 0 bridgehead atoms. The van der Waals surface area contributed by atoms with Gasteiger partial charge in [0.15, 0.2) is 0 Å². The zero-order valence-electron chi connectivity index (χ0n) is 22.1. The van der Waals surface area contributed by atoms with Gasteiger partial charge in [-0.1, -0.05) is 91.8 Å². The van der Waals surface area contributed by atoms with E-state index >= 15 is 0 Å². The fourth-order valence-corrected chi connectivity index (χ4v) is 2.52. The van der Waals surface area contributed by atoms with Gasteiger partial charge in [-0.05, 0) is 10.8 Å². The van der Waals surface area contributed by atoms with Crippen molar-refractivity contribution >= 4 is 22.1 Å². The maximum Gasteiger partial charge on any atom is 5.00 e. The van der Waals surface area contributed by atoms with Crippen molar-refractivity contribution in [3.63, 3.8) is 0 Å². The summed E-state index contributed by atoms with van der Waals surface area (Å²) in [4.78, 5) is 0. The van der Waals surface area contributed by atoms with Gasteiger partial charge in [0.2, 0.25) is 0 Å². The number of hydrogen-bond acceptors (Lipinski definition) is 0. The van der Waals surface area contributed by atoms with Gasteiger partial charge in [0.1, 0.15) is 0 Å². The van der Waals surface area contributed by atoms with E-state index in [1.165, 1.54) is 10.8 Å². The summed E-state index contributed by atoms with van der Waals surface area (Å²) in [6.07, 6.45) is 0. The van der Waals surface area contributed by atoms with Crippen molar-refractivity contribution in [3.05, 3.63) is 63.0 Å². The van der Waals surface area contributed by atoms with Crippen molar-refractivity contribution in [1.82, 2.24) is 0 Å². The minimum Gasteiger partial charge on any atom is -0.682 e. The van der Waals surface area contributed by atoms with Crippen LogP contribution in [0.25, 0.3) is 37.4 Å². The van der Waals surface area contributed by atoms with Crippen molar-refractivity contribution in [2.24, 2.45) is 0 Å². The van der Waals surface area contributed by atoms with Crippen LogP contribution >= 0.6 is 0 Å². The molecule has 2 aromatic rings. The third kappa shape index (κ3) is 18.5. The summed E-state index contributed by atoms with van der Waals surface area (Å²) in [7, 11) is 3.50. The van der Waals surface area contributed by atoms with Crippen LogP contribution in [-0.2, 0) is 22.4 Å². The molecule has 0 heterocycles. The Morgan fingerprint density at radius 2 is 0.938 bits per heavy atom. The van der Waals surface area contributed by atoms with E-state index in [9.17, 15) is 0 Å². The Hall–Kier alpha value is -1.08. The number of nitrogens with zero attached hydrogens (tertiary/aromatic N) is 5. The Labute approximate surface area is 214 Å². The number of hydrogen-bond donors (Lipinski definition) is 0. The van der Waals surface area contributed by atoms with Gasteiger partial charge < -0.3 is 26.6 Å². The number of fused-ring (bicyclic) bond motifs is 1. The number of rotatable bonds is 8. The molecule has 0 unspecified atom stereocenters. The van der Waals surface area contributed by atoms with Crippen LogP contribution in [0.2, 0.25) is 0 Å². The summed E-state index contributed by atoms with van der Waals surface area (Å²) >= 11 is 0. The van der Waals surface area contributed by atoms with E-state index in [0.29, 0.717) is 12.1 Å². The van der Waals surface area contributed by atoms with E-state index in [-0.39, 0.29) is 22.4 Å². The smallest absolute Gasteiger partial charge is 0.682 e. The molecule has 0 aliphatic rings. The largest absolute Gasteiger partial charge is 5.00 e. The zero-order valence-corrected chi connectivity index (χ0v) is 25.3. The van der Waals surface area contributed by atoms with Crippen molar-refractivity contribution in [3.8, 4) is 0 Å². The second kappa shape index (κ2) is 24.6. The van der Waals surface area contributed by atoms with Crippen molar-refractivity contribution in [2.45, 2.75) is 67.5 Å². The zero-order chi connectivity index (χ0) is 24.1. The Morgan fingerprint density at radius 1 is 0.625 bits per heavy atom. The van der Waals surface area contributed by atoms with Crippen molar-refractivity contribution in [1.29, 1.82) is 0 Å². The monoisotopic (exact) mass is 609 g/mol. The average Bonchev–Trinajstić information content (AvgIpc) is 2.70. The number of benzene rings is 2. The van der Waals surface area contributed by atoms with E-state index in [4.69, 9.17) is 10.6 Å². The quantitative estimate of drug-likeness (QED) is 0.287. The van der Waals surface area contributed by atoms with Gasteiger partial charge in [-0.3, -0.25) is 0 Å². The first-order valence-corrected chi connectivity index (χ1v) is 11.5. The van der Waals surface area contributed by atoms with Gasteiger partial charge in [0.25, 0.3) is 0 Å². The molecule has 0 atom stereocenters. The molecule has 0 radical (unpaired) electrons. The van der Waals surface area contributed by atoms with Crippen LogP contribution < -0.4 is 0 Å². The van der Waals surface area contributed by atoms with Crippen LogP contribution in [0.3, 0.4) is 0 Å². The Kier molecular flexibility index (Phi) is 27.3. The summed E-state index contributed by atoms with van der Waals surface area (Å²) in [5.41, 5.74) is 2.09. The fraction of sp³-hybridized carbons (Fsp3) is 0.615. The van der Waals surface area contributed by atoms with Crippen molar-refractivity contribution < 1.29 is 22.4 Å². The molecule has 0 N–H and O–H groups in total. The van der Waals surface area contributed by atoms with Gasteiger partial charge >= 0.3 is 22.4 Å². The molecule has 0 saturated carbocycles. The predicted octanol–water partition coefficient (Wildman–Crippen LogP) is 9.08. The molecule has 0 aromatic heterocycles. The molecule has 2 aromatic carbocycles. The molecule has 0 spiro atoms. The molecule has 0 aliphatic carbocycles. The van der Waals surface area contributed by atoms with E-state index in [1.807, 2.05) is 27.7 Å². The second-order valence-corrected chi connectivity index (χ2v) is 7.26. The Bertz CT molecular complexity index is 592. The van der Waals surface area contributed by atoms with Gasteiger partial charge in [0, 0.05) is 0 Å². The first-order chi connectivity index (χ1) is 14.8. The van der Waals surface area contributed by atoms with Gasteiger partial charge in [-0.15, -0.1) is 23.5 Å². The molecule has 0 saturated heterocycles. The van der Waals surface area contributed by atoms with Crippen LogP contribution in [0, 0.1) is 0 Å². The predicted molar refractivity (Wildman–Crippen MR) is 144 cm³/mol. The van der Waals surface area contributed by atoms with Gasteiger partial charge in [-0.25, -0.2) is 0 Å². The van der Waals surface area contributed by atoms with Crippen LogP contribution in [0.15, 0.2) is 36.4 Å².